The molecule has 1 saturated heterocycles. The Bertz CT molecular complexity index is 774. The molecule has 0 spiro atoms. The van der Waals surface area contributed by atoms with E-state index in [0.29, 0.717) is 24.1 Å². The zero-order chi connectivity index (χ0) is 18.0. The maximum Gasteiger partial charge on any atom is 0.256 e. The Labute approximate surface area is 153 Å². The van der Waals surface area contributed by atoms with Crippen LogP contribution in [0, 0.1) is 0 Å². The third kappa shape index (κ3) is 3.14. The van der Waals surface area contributed by atoms with Crippen LogP contribution < -0.4 is 0 Å². The van der Waals surface area contributed by atoms with Crippen LogP contribution in [-0.4, -0.2) is 60.2 Å². The quantitative estimate of drug-likeness (QED) is 0.893. The van der Waals surface area contributed by atoms with E-state index in [-0.39, 0.29) is 5.91 Å². The molecule has 2 aliphatic rings. The molecular weight excluding hydrogens is 328 g/mol. The van der Waals surface area contributed by atoms with Gasteiger partial charge in [0.2, 0.25) is 0 Å². The average molecular weight is 352 g/mol. The molecular formula is C21H24N2O3. The zero-order valence-electron chi connectivity index (χ0n) is 14.8. The fourth-order valence-corrected chi connectivity index (χ4v) is 3.90. The zero-order valence-corrected chi connectivity index (χ0v) is 14.8. The monoisotopic (exact) mass is 352 g/mol. The van der Waals surface area contributed by atoms with Crippen molar-refractivity contribution in [2.75, 3.05) is 39.4 Å². The van der Waals surface area contributed by atoms with E-state index in [4.69, 9.17) is 4.74 Å². The highest BCUT2D eigenvalue weighted by Crippen LogP contribution is 2.39. The summed E-state index contributed by atoms with van der Waals surface area (Å²) < 4.78 is 5.39. The number of fused-ring (bicyclic) bond motifs is 1. The molecule has 1 fully saturated rings. The number of carbonyl (C=O) groups is 1. The number of rotatable bonds is 5. The van der Waals surface area contributed by atoms with Crippen molar-refractivity contribution in [2.24, 2.45) is 0 Å². The first-order valence-corrected chi connectivity index (χ1v) is 9.16. The van der Waals surface area contributed by atoms with Gasteiger partial charge in [-0.1, -0.05) is 48.5 Å². The summed E-state index contributed by atoms with van der Waals surface area (Å²) in [5.74, 6) is -0.0905. The van der Waals surface area contributed by atoms with Crippen molar-refractivity contribution >= 4 is 5.91 Å². The Morgan fingerprint density at radius 3 is 2.42 bits per heavy atom. The molecule has 2 aromatic carbocycles. The summed E-state index contributed by atoms with van der Waals surface area (Å²) >= 11 is 0. The Hall–Kier alpha value is -2.21. The van der Waals surface area contributed by atoms with E-state index >= 15 is 0 Å². The van der Waals surface area contributed by atoms with Gasteiger partial charge in [-0.3, -0.25) is 9.69 Å². The van der Waals surface area contributed by atoms with Crippen LogP contribution in [0.3, 0.4) is 0 Å². The molecule has 4 rings (SSSR count). The van der Waals surface area contributed by atoms with Gasteiger partial charge >= 0.3 is 0 Å². The number of morpholine rings is 1. The molecule has 5 nitrogen and oxygen atoms in total. The molecule has 1 N–H and O–H groups in total. The van der Waals surface area contributed by atoms with Crippen LogP contribution in [0.2, 0.25) is 0 Å². The Morgan fingerprint density at radius 1 is 0.962 bits per heavy atom. The topological polar surface area (TPSA) is 53.0 Å². The molecule has 5 heteroatoms. The number of benzene rings is 2. The molecule has 1 amide bonds. The molecule has 1 atom stereocenters. The number of carbonyl (C=O) groups excluding carboxylic acids is 1. The van der Waals surface area contributed by atoms with E-state index < -0.39 is 5.72 Å². The van der Waals surface area contributed by atoms with Crippen LogP contribution >= 0.6 is 0 Å². The van der Waals surface area contributed by atoms with Gasteiger partial charge in [-0.2, -0.15) is 0 Å². The van der Waals surface area contributed by atoms with Crippen LogP contribution in [0.5, 0.6) is 0 Å². The standard InChI is InChI=1S/C21H24N2O3/c24-20-18-8-4-5-9-19(18)21(25,16-17-6-2-1-3-7-17)23(20)11-10-22-12-14-26-15-13-22/h1-9,25H,10-16H2/t21-/m0/s1. The summed E-state index contributed by atoms with van der Waals surface area (Å²) in [5.41, 5.74) is 1.01. The molecule has 2 heterocycles. The van der Waals surface area contributed by atoms with E-state index in [0.717, 1.165) is 38.4 Å². The van der Waals surface area contributed by atoms with Gasteiger partial charge in [0.15, 0.2) is 5.72 Å². The molecule has 0 radical (unpaired) electrons. The van der Waals surface area contributed by atoms with Gasteiger partial charge in [0.1, 0.15) is 0 Å². The van der Waals surface area contributed by atoms with Gasteiger partial charge in [-0.15, -0.1) is 0 Å². The lowest BCUT2D eigenvalue weighted by Gasteiger charge is -2.36. The predicted molar refractivity (Wildman–Crippen MR) is 98.8 cm³/mol. The van der Waals surface area contributed by atoms with Gasteiger partial charge in [0, 0.05) is 43.7 Å². The second kappa shape index (κ2) is 7.19. The van der Waals surface area contributed by atoms with Crippen LogP contribution in [0.1, 0.15) is 21.5 Å². The predicted octanol–water partition coefficient (Wildman–Crippen LogP) is 1.86. The lowest BCUT2D eigenvalue weighted by atomic mass is 9.94. The normalized spacial score (nSPS) is 23.3. The van der Waals surface area contributed by atoms with Crippen molar-refractivity contribution in [2.45, 2.75) is 12.1 Å². The maximum atomic E-state index is 13.0. The lowest BCUT2D eigenvalue weighted by Crippen LogP contribution is -2.49. The van der Waals surface area contributed by atoms with E-state index in [2.05, 4.69) is 4.90 Å². The van der Waals surface area contributed by atoms with Crippen molar-refractivity contribution in [3.05, 3.63) is 71.3 Å². The van der Waals surface area contributed by atoms with Crippen LogP contribution in [-0.2, 0) is 16.9 Å². The first kappa shape index (κ1) is 17.2. The van der Waals surface area contributed by atoms with Gasteiger partial charge in [0.25, 0.3) is 5.91 Å². The highest BCUT2D eigenvalue weighted by molar-refractivity contribution is 5.99. The van der Waals surface area contributed by atoms with Crippen molar-refractivity contribution in [3.63, 3.8) is 0 Å². The molecule has 0 aliphatic carbocycles. The number of hydrogen-bond acceptors (Lipinski definition) is 4. The molecule has 0 saturated carbocycles. The summed E-state index contributed by atoms with van der Waals surface area (Å²) in [7, 11) is 0. The number of nitrogens with zero attached hydrogens (tertiary/aromatic N) is 2. The highest BCUT2D eigenvalue weighted by Gasteiger charge is 2.48. The highest BCUT2D eigenvalue weighted by atomic mass is 16.5. The second-order valence-electron chi connectivity index (χ2n) is 6.94. The van der Waals surface area contributed by atoms with Crippen LogP contribution in [0.15, 0.2) is 54.6 Å². The number of amides is 1. The van der Waals surface area contributed by atoms with Crippen molar-refractivity contribution in [3.8, 4) is 0 Å². The summed E-state index contributed by atoms with van der Waals surface area (Å²) in [6.07, 6.45) is 0.389. The number of ether oxygens (including phenoxy) is 1. The van der Waals surface area contributed by atoms with Crippen LogP contribution in [0.4, 0.5) is 0 Å². The Kier molecular flexibility index (Phi) is 4.76. The van der Waals surface area contributed by atoms with Crippen molar-refractivity contribution in [1.82, 2.24) is 9.80 Å². The first-order valence-electron chi connectivity index (χ1n) is 9.16. The smallest absolute Gasteiger partial charge is 0.256 e. The van der Waals surface area contributed by atoms with Gasteiger partial charge < -0.3 is 14.7 Å². The second-order valence-corrected chi connectivity index (χ2v) is 6.94. The van der Waals surface area contributed by atoms with Gasteiger partial charge in [-0.05, 0) is 11.6 Å². The van der Waals surface area contributed by atoms with Crippen LogP contribution in [0.25, 0.3) is 0 Å². The fourth-order valence-electron chi connectivity index (χ4n) is 3.90. The van der Waals surface area contributed by atoms with E-state index in [1.807, 2.05) is 54.6 Å². The lowest BCUT2D eigenvalue weighted by molar-refractivity contribution is -0.0875. The van der Waals surface area contributed by atoms with E-state index in [1.165, 1.54) is 0 Å². The molecule has 2 aromatic rings. The molecule has 0 aromatic heterocycles. The molecule has 136 valence electrons. The van der Waals surface area contributed by atoms with E-state index in [1.54, 1.807) is 4.90 Å². The molecule has 26 heavy (non-hydrogen) atoms. The minimum atomic E-state index is -1.30. The Morgan fingerprint density at radius 2 is 1.65 bits per heavy atom. The Balaban J connectivity index is 1.61. The summed E-state index contributed by atoms with van der Waals surface area (Å²) in [6, 6.07) is 17.3. The minimum absolute atomic E-state index is 0.0905. The largest absolute Gasteiger partial charge is 0.379 e. The van der Waals surface area contributed by atoms with Gasteiger partial charge in [-0.25, -0.2) is 0 Å². The average Bonchev–Trinajstić information content (AvgIpc) is 2.89. The van der Waals surface area contributed by atoms with E-state index in [9.17, 15) is 9.90 Å². The van der Waals surface area contributed by atoms with Gasteiger partial charge in [0.05, 0.1) is 13.2 Å². The molecule has 0 bridgehead atoms. The number of hydrogen-bond donors (Lipinski definition) is 1. The van der Waals surface area contributed by atoms with Crippen molar-refractivity contribution < 1.29 is 14.6 Å². The SMILES string of the molecule is O=C1c2ccccc2[C@@](O)(Cc2ccccc2)N1CCN1CCOCC1. The fraction of sp³-hybridized carbons (Fsp3) is 0.381. The number of aliphatic hydroxyl groups is 1. The maximum absolute atomic E-state index is 13.0. The summed E-state index contributed by atoms with van der Waals surface area (Å²) in [6.45, 7) is 4.42. The summed E-state index contributed by atoms with van der Waals surface area (Å²) in [4.78, 5) is 16.9. The first-order chi connectivity index (χ1) is 12.7. The molecule has 2 aliphatic heterocycles. The minimum Gasteiger partial charge on any atom is -0.379 e. The van der Waals surface area contributed by atoms with Crippen molar-refractivity contribution in [1.29, 1.82) is 0 Å². The third-order valence-corrected chi connectivity index (χ3v) is 5.32. The third-order valence-electron chi connectivity index (χ3n) is 5.32. The summed E-state index contributed by atoms with van der Waals surface area (Å²) in [5, 5.41) is 11.6. The molecule has 0 unspecified atom stereocenters.